The Labute approximate surface area is 186 Å². The minimum absolute atomic E-state index is 0.0383. The number of hydrogen-bond donors (Lipinski definition) is 1. The van der Waals surface area contributed by atoms with Crippen molar-refractivity contribution in [3.8, 4) is 5.75 Å². The van der Waals surface area contributed by atoms with Gasteiger partial charge in [-0.15, -0.1) is 0 Å². The number of hydrogen-bond acceptors (Lipinski definition) is 5. The third-order valence-electron chi connectivity index (χ3n) is 4.20. The summed E-state index contributed by atoms with van der Waals surface area (Å²) in [6.45, 7) is 0. The molecule has 0 radical (unpaired) electrons. The van der Waals surface area contributed by atoms with Crippen LogP contribution >= 0.6 is 0 Å². The quantitative estimate of drug-likeness (QED) is 0.237. The molecule has 0 bridgehead atoms. The van der Waals surface area contributed by atoms with Crippen molar-refractivity contribution in [1.82, 2.24) is 5.43 Å². The molecule has 0 aliphatic carbocycles. The van der Waals surface area contributed by atoms with Crippen molar-refractivity contribution in [3.05, 3.63) is 95.3 Å². The summed E-state index contributed by atoms with van der Waals surface area (Å²) in [5.41, 5.74) is 0.856. The summed E-state index contributed by atoms with van der Waals surface area (Å²) in [6, 6.07) is 14.6. The fourth-order valence-corrected chi connectivity index (χ4v) is 3.84. The first-order valence-electron chi connectivity index (χ1n) is 9.32. The summed E-state index contributed by atoms with van der Waals surface area (Å²) < 4.78 is 83.0. The maximum Gasteiger partial charge on any atom is 0.416 e. The minimum atomic E-state index is -4.74. The van der Waals surface area contributed by atoms with Gasteiger partial charge in [-0.25, -0.2) is 9.82 Å². The Balaban J connectivity index is 1.86. The maximum atomic E-state index is 13.2. The Hall–Kier alpha value is -3.73. The highest BCUT2D eigenvalue weighted by molar-refractivity contribution is 7.87. The lowest BCUT2D eigenvalue weighted by Crippen LogP contribution is -2.20. The number of hydrazone groups is 1. The fourth-order valence-electron chi connectivity index (χ4n) is 2.75. The number of halogens is 4. The van der Waals surface area contributed by atoms with E-state index in [0.717, 1.165) is 18.3 Å². The zero-order chi connectivity index (χ0) is 24.1. The number of carbonyl (C=O) groups excluding carboxylic acids is 1. The first-order valence-corrected chi connectivity index (χ1v) is 10.7. The van der Waals surface area contributed by atoms with Crippen LogP contribution in [0.5, 0.6) is 5.75 Å². The van der Waals surface area contributed by atoms with E-state index < -0.39 is 44.0 Å². The molecule has 0 heterocycles. The lowest BCUT2D eigenvalue weighted by molar-refractivity contribution is -0.137. The van der Waals surface area contributed by atoms with Gasteiger partial charge in [0.25, 0.3) is 0 Å². The van der Waals surface area contributed by atoms with Gasteiger partial charge in [0.1, 0.15) is 16.5 Å². The molecule has 33 heavy (non-hydrogen) atoms. The van der Waals surface area contributed by atoms with E-state index in [9.17, 15) is 30.8 Å². The van der Waals surface area contributed by atoms with Crippen LogP contribution in [0.1, 0.15) is 16.7 Å². The van der Waals surface area contributed by atoms with Crippen molar-refractivity contribution < 1.29 is 35.0 Å². The molecule has 0 saturated heterocycles. The van der Waals surface area contributed by atoms with Gasteiger partial charge in [0.15, 0.2) is 0 Å². The number of rotatable bonds is 7. The van der Waals surface area contributed by atoms with Crippen molar-refractivity contribution in [3.63, 3.8) is 0 Å². The number of alkyl halides is 3. The van der Waals surface area contributed by atoms with E-state index in [2.05, 4.69) is 10.5 Å². The number of nitrogens with one attached hydrogen (secondary N) is 1. The van der Waals surface area contributed by atoms with Crippen LogP contribution in [-0.4, -0.2) is 20.5 Å². The predicted octanol–water partition coefficient (Wildman–Crippen LogP) is 4.31. The average Bonchev–Trinajstić information content (AvgIpc) is 2.73. The second-order valence-electron chi connectivity index (χ2n) is 6.70. The van der Waals surface area contributed by atoms with Gasteiger partial charge in [-0.1, -0.05) is 30.3 Å². The van der Waals surface area contributed by atoms with Gasteiger partial charge < -0.3 is 4.18 Å². The molecule has 3 aromatic carbocycles. The molecule has 0 aliphatic rings. The molecular formula is C22H16F4N2O4S. The van der Waals surface area contributed by atoms with E-state index in [4.69, 9.17) is 4.18 Å². The SMILES string of the molecule is O=C(Cc1cccc(F)c1)NN=Cc1cc(C(F)(F)F)ccc1S(=O)(=O)Oc1ccccc1. The van der Waals surface area contributed by atoms with Crippen LogP contribution in [-0.2, 0) is 27.5 Å². The summed E-state index contributed by atoms with van der Waals surface area (Å²) >= 11 is 0. The van der Waals surface area contributed by atoms with Crippen LogP contribution in [0.4, 0.5) is 17.6 Å². The van der Waals surface area contributed by atoms with E-state index >= 15 is 0 Å². The monoisotopic (exact) mass is 480 g/mol. The molecule has 1 N–H and O–H groups in total. The molecule has 1 amide bonds. The van der Waals surface area contributed by atoms with E-state index in [1.54, 1.807) is 6.07 Å². The molecule has 0 atom stereocenters. The van der Waals surface area contributed by atoms with Crippen LogP contribution in [0.25, 0.3) is 0 Å². The van der Waals surface area contributed by atoms with Crippen molar-refractivity contribution in [2.75, 3.05) is 0 Å². The second kappa shape index (κ2) is 9.82. The van der Waals surface area contributed by atoms with Crippen LogP contribution in [0.3, 0.4) is 0 Å². The first-order chi connectivity index (χ1) is 15.5. The molecule has 11 heteroatoms. The Morgan fingerprint density at radius 3 is 2.39 bits per heavy atom. The van der Waals surface area contributed by atoms with Crippen LogP contribution in [0.2, 0.25) is 0 Å². The highest BCUT2D eigenvalue weighted by atomic mass is 32.2. The smallest absolute Gasteiger partial charge is 0.379 e. The van der Waals surface area contributed by atoms with Gasteiger partial charge >= 0.3 is 16.3 Å². The average molecular weight is 480 g/mol. The number of benzene rings is 3. The summed E-state index contributed by atoms with van der Waals surface area (Å²) in [7, 11) is -4.52. The van der Waals surface area contributed by atoms with Gasteiger partial charge in [-0.3, -0.25) is 4.79 Å². The van der Waals surface area contributed by atoms with E-state index in [0.29, 0.717) is 17.7 Å². The van der Waals surface area contributed by atoms with Gasteiger partial charge in [0.05, 0.1) is 18.2 Å². The fraction of sp³-hybridized carbons (Fsp3) is 0.0909. The number of carbonyl (C=O) groups is 1. The Bertz CT molecular complexity index is 1280. The van der Waals surface area contributed by atoms with Crippen molar-refractivity contribution in [2.45, 2.75) is 17.5 Å². The van der Waals surface area contributed by atoms with Gasteiger partial charge in [0.2, 0.25) is 5.91 Å². The zero-order valence-electron chi connectivity index (χ0n) is 16.7. The molecule has 3 rings (SSSR count). The van der Waals surface area contributed by atoms with E-state index in [1.165, 1.54) is 42.5 Å². The Kier molecular flexibility index (Phi) is 7.12. The molecule has 3 aromatic rings. The largest absolute Gasteiger partial charge is 0.416 e. The van der Waals surface area contributed by atoms with Crippen molar-refractivity contribution >= 4 is 22.2 Å². The summed E-state index contributed by atoms with van der Waals surface area (Å²) in [5.74, 6) is -1.27. The third kappa shape index (κ3) is 6.62. The maximum absolute atomic E-state index is 13.2. The standard InChI is InChI=1S/C22H16F4N2O4S/c23-18-6-4-5-15(11-18)12-21(29)28-27-14-16-13-17(22(24,25)26)9-10-20(16)33(30,31)32-19-7-2-1-3-8-19/h1-11,13-14H,12H2,(H,28,29). The number of para-hydroxylation sites is 1. The van der Waals surface area contributed by atoms with Crippen LogP contribution < -0.4 is 9.61 Å². The third-order valence-corrected chi connectivity index (χ3v) is 5.52. The highest BCUT2D eigenvalue weighted by Crippen LogP contribution is 2.32. The molecule has 0 aromatic heterocycles. The molecule has 172 valence electrons. The van der Waals surface area contributed by atoms with Gasteiger partial charge in [-0.05, 0) is 48.0 Å². The van der Waals surface area contributed by atoms with Crippen molar-refractivity contribution in [1.29, 1.82) is 0 Å². The van der Waals surface area contributed by atoms with Crippen LogP contribution in [0.15, 0.2) is 82.8 Å². The zero-order valence-corrected chi connectivity index (χ0v) is 17.5. The van der Waals surface area contributed by atoms with Crippen LogP contribution in [0, 0.1) is 5.82 Å². The van der Waals surface area contributed by atoms with Gasteiger partial charge in [-0.2, -0.15) is 26.7 Å². The molecule has 0 spiro atoms. The number of nitrogens with zero attached hydrogens (tertiary/aromatic N) is 1. The first kappa shape index (κ1) is 23.9. The molecule has 0 saturated carbocycles. The summed E-state index contributed by atoms with van der Waals surface area (Å²) in [4.78, 5) is 11.4. The molecule has 0 unspecified atom stereocenters. The number of amides is 1. The molecule has 0 fully saturated rings. The highest BCUT2D eigenvalue weighted by Gasteiger charge is 2.32. The molecule has 6 nitrogen and oxygen atoms in total. The predicted molar refractivity (Wildman–Crippen MR) is 112 cm³/mol. The van der Waals surface area contributed by atoms with Gasteiger partial charge in [0, 0.05) is 5.56 Å². The van der Waals surface area contributed by atoms with E-state index in [-0.39, 0.29) is 12.2 Å². The molecular weight excluding hydrogens is 464 g/mol. The normalized spacial score (nSPS) is 12.0. The van der Waals surface area contributed by atoms with E-state index in [1.807, 2.05) is 0 Å². The minimum Gasteiger partial charge on any atom is -0.379 e. The molecule has 0 aliphatic heterocycles. The summed E-state index contributed by atoms with van der Waals surface area (Å²) in [6.07, 6.45) is -4.23. The Morgan fingerprint density at radius 2 is 1.73 bits per heavy atom. The summed E-state index contributed by atoms with van der Waals surface area (Å²) in [5, 5.41) is 3.56. The lowest BCUT2D eigenvalue weighted by atomic mass is 10.1. The second-order valence-corrected chi connectivity index (χ2v) is 8.22. The Morgan fingerprint density at radius 1 is 1.00 bits per heavy atom. The van der Waals surface area contributed by atoms with Crippen molar-refractivity contribution in [2.24, 2.45) is 5.10 Å². The topological polar surface area (TPSA) is 84.8 Å². The lowest BCUT2D eigenvalue weighted by Gasteiger charge is -2.12.